The van der Waals surface area contributed by atoms with Crippen LogP contribution in [-0.2, 0) is 11.3 Å². The fraction of sp³-hybridized carbons (Fsp3) is 0.600. The maximum absolute atomic E-state index is 12.6. The second kappa shape index (κ2) is 9.35. The first-order chi connectivity index (χ1) is 13.0. The fourth-order valence-corrected chi connectivity index (χ4v) is 4.26. The molecule has 2 aromatic rings. The molecule has 0 aromatic carbocycles. The molecular formula is C20H29N5OS. The smallest absolute Gasteiger partial charge is 0.233 e. The molecule has 6 nitrogen and oxygen atoms in total. The van der Waals surface area contributed by atoms with Gasteiger partial charge in [-0.15, -0.1) is 10.2 Å². The van der Waals surface area contributed by atoms with Crippen LogP contribution in [0.1, 0.15) is 52.9 Å². The lowest BCUT2D eigenvalue weighted by atomic mass is 9.95. The standard InChI is InChI=1S/C20H29N5OS/c1-14(2)13-25-18(16-8-7-11-21-12-16)23-24-20(25)27-15(3)19(26)22-17-9-5-4-6-10-17/h7-8,11-12,14-15,17H,4-6,9-10,13H2,1-3H3,(H,22,26)/t15-/m1/s1. The maximum Gasteiger partial charge on any atom is 0.233 e. The Kier molecular flexibility index (Phi) is 6.88. The molecule has 2 heterocycles. The molecule has 1 N–H and O–H groups in total. The normalized spacial score (nSPS) is 16.4. The molecule has 146 valence electrons. The first-order valence-corrected chi connectivity index (χ1v) is 10.7. The molecule has 0 unspecified atom stereocenters. The van der Waals surface area contributed by atoms with Crippen molar-refractivity contribution in [1.29, 1.82) is 0 Å². The molecule has 2 aromatic heterocycles. The van der Waals surface area contributed by atoms with E-state index in [1.54, 1.807) is 12.4 Å². The SMILES string of the molecule is CC(C)Cn1c(S[C@H](C)C(=O)NC2CCCCC2)nnc1-c1cccnc1. The van der Waals surface area contributed by atoms with Crippen LogP contribution < -0.4 is 5.32 Å². The third-order valence-corrected chi connectivity index (χ3v) is 5.87. The third kappa shape index (κ3) is 5.31. The molecule has 1 aliphatic rings. The van der Waals surface area contributed by atoms with E-state index in [0.717, 1.165) is 35.9 Å². The van der Waals surface area contributed by atoms with Crippen LogP contribution in [0.3, 0.4) is 0 Å². The fourth-order valence-electron chi connectivity index (χ4n) is 3.39. The second-order valence-electron chi connectivity index (χ2n) is 7.66. The van der Waals surface area contributed by atoms with E-state index >= 15 is 0 Å². The third-order valence-electron chi connectivity index (χ3n) is 4.79. The molecule has 0 bridgehead atoms. The number of amides is 1. The molecule has 1 saturated carbocycles. The van der Waals surface area contributed by atoms with Crippen molar-refractivity contribution in [3.8, 4) is 11.4 Å². The highest BCUT2D eigenvalue weighted by Gasteiger charge is 2.23. The van der Waals surface area contributed by atoms with Crippen molar-refractivity contribution in [2.45, 2.75) is 75.9 Å². The van der Waals surface area contributed by atoms with Gasteiger partial charge >= 0.3 is 0 Å². The highest BCUT2D eigenvalue weighted by atomic mass is 32.2. The minimum Gasteiger partial charge on any atom is -0.352 e. The van der Waals surface area contributed by atoms with Crippen LogP contribution in [0.4, 0.5) is 0 Å². The lowest BCUT2D eigenvalue weighted by Crippen LogP contribution is -2.40. The van der Waals surface area contributed by atoms with Crippen molar-refractivity contribution in [3.63, 3.8) is 0 Å². The summed E-state index contributed by atoms with van der Waals surface area (Å²) in [7, 11) is 0. The lowest BCUT2D eigenvalue weighted by molar-refractivity contribution is -0.121. The van der Waals surface area contributed by atoms with E-state index in [-0.39, 0.29) is 11.2 Å². The molecule has 3 rings (SSSR count). The van der Waals surface area contributed by atoms with Gasteiger partial charge in [0.2, 0.25) is 5.91 Å². The topological polar surface area (TPSA) is 72.7 Å². The van der Waals surface area contributed by atoms with Gasteiger partial charge in [0.15, 0.2) is 11.0 Å². The van der Waals surface area contributed by atoms with E-state index < -0.39 is 0 Å². The summed E-state index contributed by atoms with van der Waals surface area (Å²) in [5.41, 5.74) is 0.941. The number of nitrogens with zero attached hydrogens (tertiary/aromatic N) is 4. The predicted octanol–water partition coefficient (Wildman–Crippen LogP) is 3.93. The Morgan fingerprint density at radius 3 is 2.70 bits per heavy atom. The zero-order valence-electron chi connectivity index (χ0n) is 16.4. The summed E-state index contributed by atoms with van der Waals surface area (Å²) in [4.78, 5) is 16.8. The largest absolute Gasteiger partial charge is 0.352 e. The van der Waals surface area contributed by atoms with Crippen LogP contribution in [0.5, 0.6) is 0 Å². The lowest BCUT2D eigenvalue weighted by Gasteiger charge is -2.24. The number of hydrogen-bond donors (Lipinski definition) is 1. The molecule has 27 heavy (non-hydrogen) atoms. The van der Waals surface area contributed by atoms with Crippen molar-refractivity contribution in [1.82, 2.24) is 25.1 Å². The number of aromatic nitrogens is 4. The van der Waals surface area contributed by atoms with Gasteiger partial charge in [-0.25, -0.2) is 0 Å². The van der Waals surface area contributed by atoms with Crippen LogP contribution in [0, 0.1) is 5.92 Å². The quantitative estimate of drug-likeness (QED) is 0.729. The zero-order valence-corrected chi connectivity index (χ0v) is 17.2. The van der Waals surface area contributed by atoms with Crippen molar-refractivity contribution in [2.24, 2.45) is 5.92 Å². The maximum atomic E-state index is 12.6. The molecule has 0 spiro atoms. The predicted molar refractivity (Wildman–Crippen MR) is 108 cm³/mol. The van der Waals surface area contributed by atoms with Gasteiger partial charge in [0.25, 0.3) is 0 Å². The van der Waals surface area contributed by atoms with E-state index in [0.29, 0.717) is 12.0 Å². The van der Waals surface area contributed by atoms with Gasteiger partial charge in [-0.1, -0.05) is 44.9 Å². The summed E-state index contributed by atoms with van der Waals surface area (Å²) in [6.07, 6.45) is 9.45. The molecular weight excluding hydrogens is 358 g/mol. The van der Waals surface area contributed by atoms with Crippen LogP contribution in [-0.4, -0.2) is 36.9 Å². The van der Waals surface area contributed by atoms with Gasteiger partial charge in [-0.3, -0.25) is 9.78 Å². The average Bonchev–Trinajstić information content (AvgIpc) is 3.05. The molecule has 0 saturated heterocycles. The average molecular weight is 388 g/mol. The highest BCUT2D eigenvalue weighted by Crippen LogP contribution is 2.28. The first kappa shape index (κ1) is 19.9. The van der Waals surface area contributed by atoms with Crippen LogP contribution in [0.2, 0.25) is 0 Å². The summed E-state index contributed by atoms with van der Waals surface area (Å²) in [5.74, 6) is 1.34. The Labute approximate surface area is 165 Å². The Morgan fingerprint density at radius 1 is 1.26 bits per heavy atom. The summed E-state index contributed by atoms with van der Waals surface area (Å²) in [6.45, 7) is 7.08. The summed E-state index contributed by atoms with van der Waals surface area (Å²) >= 11 is 1.48. The van der Waals surface area contributed by atoms with Gasteiger partial charge in [0.05, 0.1) is 5.25 Å². The van der Waals surface area contributed by atoms with Crippen molar-refractivity contribution < 1.29 is 4.79 Å². The van der Waals surface area contributed by atoms with E-state index in [4.69, 9.17) is 0 Å². The number of carbonyl (C=O) groups is 1. The summed E-state index contributed by atoms with van der Waals surface area (Å²) < 4.78 is 2.11. The van der Waals surface area contributed by atoms with E-state index in [1.807, 2.05) is 19.1 Å². The molecule has 1 fully saturated rings. The molecule has 1 atom stereocenters. The van der Waals surface area contributed by atoms with E-state index in [1.165, 1.54) is 31.0 Å². The van der Waals surface area contributed by atoms with Crippen LogP contribution in [0.25, 0.3) is 11.4 Å². The van der Waals surface area contributed by atoms with Crippen LogP contribution in [0.15, 0.2) is 29.7 Å². The number of hydrogen-bond acceptors (Lipinski definition) is 5. The number of rotatable bonds is 7. The Bertz CT molecular complexity index is 740. The first-order valence-electron chi connectivity index (χ1n) is 9.85. The second-order valence-corrected chi connectivity index (χ2v) is 8.96. The van der Waals surface area contributed by atoms with Gasteiger partial charge < -0.3 is 9.88 Å². The van der Waals surface area contributed by atoms with Crippen LogP contribution >= 0.6 is 11.8 Å². The molecule has 0 aliphatic heterocycles. The summed E-state index contributed by atoms with van der Waals surface area (Å²) in [6, 6.07) is 4.21. The Balaban J connectivity index is 1.73. The number of thioether (sulfide) groups is 1. The molecule has 7 heteroatoms. The van der Waals surface area contributed by atoms with Gasteiger partial charge in [-0.2, -0.15) is 0 Å². The van der Waals surface area contributed by atoms with Crippen molar-refractivity contribution in [2.75, 3.05) is 0 Å². The molecule has 0 radical (unpaired) electrons. The molecule has 1 aliphatic carbocycles. The number of nitrogens with one attached hydrogen (secondary N) is 1. The number of pyridine rings is 1. The minimum absolute atomic E-state index is 0.0916. The Morgan fingerprint density at radius 2 is 2.04 bits per heavy atom. The monoisotopic (exact) mass is 387 g/mol. The van der Waals surface area contributed by atoms with E-state index in [9.17, 15) is 4.79 Å². The van der Waals surface area contributed by atoms with E-state index in [2.05, 4.69) is 38.9 Å². The minimum atomic E-state index is -0.205. The molecule has 1 amide bonds. The van der Waals surface area contributed by atoms with Gasteiger partial charge in [0, 0.05) is 30.5 Å². The highest BCUT2D eigenvalue weighted by molar-refractivity contribution is 8.00. The van der Waals surface area contributed by atoms with Crippen molar-refractivity contribution in [3.05, 3.63) is 24.5 Å². The van der Waals surface area contributed by atoms with Gasteiger partial charge in [-0.05, 0) is 37.8 Å². The van der Waals surface area contributed by atoms with Crippen molar-refractivity contribution >= 4 is 17.7 Å². The van der Waals surface area contributed by atoms with Gasteiger partial charge in [0.1, 0.15) is 0 Å². The zero-order chi connectivity index (χ0) is 19.2. The summed E-state index contributed by atoms with van der Waals surface area (Å²) in [5, 5.41) is 12.6. The Hall–Kier alpha value is -1.89. The number of carbonyl (C=O) groups excluding carboxylic acids is 1.